The van der Waals surface area contributed by atoms with E-state index in [0.29, 0.717) is 16.5 Å². The van der Waals surface area contributed by atoms with Crippen LogP contribution in [0.25, 0.3) is 0 Å². The molecule has 6 nitrogen and oxygen atoms in total. The molecule has 3 rings (SSSR count). The molecular weight excluding hydrogens is 466 g/mol. The van der Waals surface area contributed by atoms with Crippen molar-refractivity contribution in [1.29, 1.82) is 0 Å². The third-order valence-electron chi connectivity index (χ3n) is 4.33. The quantitative estimate of drug-likeness (QED) is 0.485. The number of benzene rings is 3. The van der Waals surface area contributed by atoms with Gasteiger partial charge in [-0.2, -0.15) is 0 Å². The largest absolute Gasteiger partial charge is 0.495 e. The van der Waals surface area contributed by atoms with Crippen LogP contribution >= 0.6 is 23.2 Å². The number of aryl methyl sites for hydroxylation is 1. The molecule has 0 aliphatic heterocycles. The monoisotopic (exact) mass is 482 g/mol. The van der Waals surface area contributed by atoms with Gasteiger partial charge in [0.05, 0.1) is 28.4 Å². The summed E-state index contributed by atoms with van der Waals surface area (Å²) in [5.74, 6) is -0.711. The molecule has 0 aliphatic rings. The van der Waals surface area contributed by atoms with Crippen LogP contribution in [-0.2, 0) is 10.0 Å². The van der Waals surface area contributed by atoms with Crippen molar-refractivity contribution in [2.75, 3.05) is 17.1 Å². The topological polar surface area (TPSA) is 84.5 Å². The van der Waals surface area contributed by atoms with Gasteiger partial charge in [-0.05, 0) is 61.0 Å². The maximum absolute atomic E-state index is 13.1. The highest BCUT2D eigenvalue weighted by molar-refractivity contribution is 7.92. The highest BCUT2D eigenvalue weighted by Gasteiger charge is 2.18. The number of methoxy groups -OCH3 is 1. The number of anilines is 2. The Bertz CT molecular complexity index is 1250. The van der Waals surface area contributed by atoms with E-state index in [0.717, 1.165) is 29.8 Å². The summed E-state index contributed by atoms with van der Waals surface area (Å²) in [6.45, 7) is 1.78. The van der Waals surface area contributed by atoms with Gasteiger partial charge in [-0.25, -0.2) is 12.8 Å². The van der Waals surface area contributed by atoms with Crippen LogP contribution in [0, 0.1) is 12.7 Å². The van der Waals surface area contributed by atoms with Crippen LogP contribution in [0.1, 0.15) is 15.9 Å². The van der Waals surface area contributed by atoms with Gasteiger partial charge in [-0.1, -0.05) is 23.2 Å². The van der Waals surface area contributed by atoms with E-state index < -0.39 is 21.7 Å². The summed E-state index contributed by atoms with van der Waals surface area (Å²) >= 11 is 12.2. The number of amides is 1. The summed E-state index contributed by atoms with van der Waals surface area (Å²) in [6.07, 6.45) is 0. The Morgan fingerprint density at radius 1 is 0.968 bits per heavy atom. The lowest BCUT2D eigenvalue weighted by Gasteiger charge is -2.14. The second kappa shape index (κ2) is 9.13. The molecule has 0 heterocycles. The third-order valence-corrected chi connectivity index (χ3v) is 6.44. The van der Waals surface area contributed by atoms with E-state index in [2.05, 4.69) is 10.0 Å². The molecule has 0 aliphatic carbocycles. The van der Waals surface area contributed by atoms with Crippen molar-refractivity contribution in [3.05, 3.63) is 81.6 Å². The van der Waals surface area contributed by atoms with Crippen LogP contribution in [0.15, 0.2) is 59.5 Å². The van der Waals surface area contributed by atoms with Gasteiger partial charge in [-0.15, -0.1) is 0 Å². The maximum Gasteiger partial charge on any atom is 0.261 e. The molecule has 162 valence electrons. The fourth-order valence-electron chi connectivity index (χ4n) is 2.69. The Labute approximate surface area is 189 Å². The number of sulfonamides is 1. The summed E-state index contributed by atoms with van der Waals surface area (Å²) in [7, 11) is -2.60. The van der Waals surface area contributed by atoms with Crippen molar-refractivity contribution in [2.45, 2.75) is 11.8 Å². The molecule has 0 saturated heterocycles. The summed E-state index contributed by atoms with van der Waals surface area (Å²) < 4.78 is 45.8. The molecule has 10 heteroatoms. The Balaban J connectivity index is 1.88. The minimum atomic E-state index is -4.04. The fraction of sp³-hybridized carbons (Fsp3) is 0.0952. The van der Waals surface area contributed by atoms with E-state index in [1.807, 2.05) is 0 Å². The van der Waals surface area contributed by atoms with Crippen molar-refractivity contribution in [3.63, 3.8) is 0 Å². The summed E-state index contributed by atoms with van der Waals surface area (Å²) in [5.41, 5.74) is 1.29. The number of carbonyl (C=O) groups is 1. The molecule has 0 radical (unpaired) electrons. The molecule has 2 N–H and O–H groups in total. The Kier molecular flexibility index (Phi) is 6.74. The first-order valence-electron chi connectivity index (χ1n) is 8.84. The molecule has 0 atom stereocenters. The molecule has 1 amide bonds. The number of ether oxygens (including phenoxy) is 1. The van der Waals surface area contributed by atoms with Crippen LogP contribution in [0.4, 0.5) is 15.8 Å². The average molecular weight is 483 g/mol. The lowest BCUT2D eigenvalue weighted by Crippen LogP contribution is -2.16. The van der Waals surface area contributed by atoms with E-state index >= 15 is 0 Å². The van der Waals surface area contributed by atoms with Crippen LogP contribution in [0.3, 0.4) is 0 Å². The number of rotatable bonds is 6. The van der Waals surface area contributed by atoms with Gasteiger partial charge in [0, 0.05) is 16.7 Å². The van der Waals surface area contributed by atoms with Crippen LogP contribution < -0.4 is 14.8 Å². The number of halogens is 3. The lowest BCUT2D eigenvalue weighted by molar-refractivity contribution is 0.102. The van der Waals surface area contributed by atoms with Gasteiger partial charge in [0.1, 0.15) is 11.6 Å². The van der Waals surface area contributed by atoms with E-state index in [1.165, 1.54) is 25.3 Å². The lowest BCUT2D eigenvalue weighted by atomic mass is 10.1. The Hall–Kier alpha value is -2.81. The van der Waals surface area contributed by atoms with Gasteiger partial charge >= 0.3 is 0 Å². The van der Waals surface area contributed by atoms with Crippen molar-refractivity contribution in [2.24, 2.45) is 0 Å². The van der Waals surface area contributed by atoms with E-state index in [-0.39, 0.29) is 21.2 Å². The van der Waals surface area contributed by atoms with E-state index in [9.17, 15) is 17.6 Å². The molecule has 0 bridgehead atoms. The first kappa shape index (κ1) is 22.9. The van der Waals surface area contributed by atoms with Crippen molar-refractivity contribution in [3.8, 4) is 5.75 Å². The average Bonchev–Trinajstić information content (AvgIpc) is 2.72. The highest BCUT2D eigenvalue weighted by atomic mass is 35.5. The summed E-state index contributed by atoms with van der Waals surface area (Å²) in [4.78, 5) is 12.6. The second-order valence-electron chi connectivity index (χ2n) is 6.51. The van der Waals surface area contributed by atoms with Gasteiger partial charge in [0.15, 0.2) is 0 Å². The molecule has 0 saturated carbocycles. The normalized spacial score (nSPS) is 11.1. The van der Waals surface area contributed by atoms with Gasteiger partial charge in [-0.3, -0.25) is 9.52 Å². The Morgan fingerprint density at radius 2 is 1.65 bits per heavy atom. The number of hydrogen-bond acceptors (Lipinski definition) is 4. The molecule has 0 fully saturated rings. The van der Waals surface area contributed by atoms with Crippen molar-refractivity contribution < 1.29 is 22.3 Å². The molecule has 3 aromatic rings. The molecular formula is C21H17Cl2FN2O4S. The summed E-state index contributed by atoms with van der Waals surface area (Å²) in [6, 6.07) is 11.7. The first-order valence-corrected chi connectivity index (χ1v) is 11.1. The smallest absolute Gasteiger partial charge is 0.261 e. The SMILES string of the molecule is COc1cc(Cl)c(C)cc1NC(=O)c1ccc(Cl)c(NS(=O)(=O)c2ccc(F)cc2)c1. The van der Waals surface area contributed by atoms with Gasteiger partial charge in [0.25, 0.3) is 15.9 Å². The molecule has 31 heavy (non-hydrogen) atoms. The van der Waals surface area contributed by atoms with Gasteiger partial charge < -0.3 is 10.1 Å². The van der Waals surface area contributed by atoms with Crippen LogP contribution in [-0.4, -0.2) is 21.4 Å². The fourth-order valence-corrected chi connectivity index (χ4v) is 4.13. The predicted octanol–water partition coefficient (Wildman–Crippen LogP) is 5.50. The minimum Gasteiger partial charge on any atom is -0.495 e. The maximum atomic E-state index is 13.1. The van der Waals surface area contributed by atoms with Gasteiger partial charge in [0.2, 0.25) is 0 Å². The van der Waals surface area contributed by atoms with Crippen molar-refractivity contribution in [1.82, 2.24) is 0 Å². The van der Waals surface area contributed by atoms with Crippen LogP contribution in [0.2, 0.25) is 10.0 Å². The molecule has 0 unspecified atom stereocenters. The minimum absolute atomic E-state index is 0.00195. The second-order valence-corrected chi connectivity index (χ2v) is 9.01. The van der Waals surface area contributed by atoms with E-state index in [4.69, 9.17) is 27.9 Å². The molecule has 0 spiro atoms. The third kappa shape index (κ3) is 5.28. The highest BCUT2D eigenvalue weighted by Crippen LogP contribution is 2.32. The number of nitrogens with one attached hydrogen (secondary N) is 2. The predicted molar refractivity (Wildman–Crippen MR) is 119 cm³/mol. The zero-order valence-corrected chi connectivity index (χ0v) is 18.7. The Morgan fingerprint density at radius 3 is 2.29 bits per heavy atom. The first-order chi connectivity index (χ1) is 14.6. The van der Waals surface area contributed by atoms with Crippen LogP contribution in [0.5, 0.6) is 5.75 Å². The number of carbonyl (C=O) groups excluding carboxylic acids is 1. The molecule has 0 aromatic heterocycles. The molecule has 3 aromatic carbocycles. The standard InChI is InChI=1S/C21H17Cl2FN2O4S/c1-12-9-19(20(30-2)11-17(12)23)25-21(27)13-3-8-16(22)18(10-13)26-31(28,29)15-6-4-14(24)5-7-15/h3-11,26H,1-2H3,(H,25,27). The van der Waals surface area contributed by atoms with Crippen molar-refractivity contribution >= 4 is 50.5 Å². The number of hydrogen-bond donors (Lipinski definition) is 2. The zero-order chi connectivity index (χ0) is 22.8. The van der Waals surface area contributed by atoms with E-state index in [1.54, 1.807) is 19.1 Å². The zero-order valence-electron chi connectivity index (χ0n) is 16.4. The summed E-state index contributed by atoms with van der Waals surface area (Å²) in [5, 5.41) is 3.28.